The zero-order valence-corrected chi connectivity index (χ0v) is 10.1. The molecule has 0 fully saturated rings. The lowest BCUT2D eigenvalue weighted by molar-refractivity contribution is -0.153. The van der Waals surface area contributed by atoms with Crippen molar-refractivity contribution in [3.8, 4) is 5.75 Å². The van der Waals surface area contributed by atoms with E-state index in [2.05, 4.69) is 13.9 Å². The molecule has 0 unspecified atom stereocenters. The molecule has 0 saturated heterocycles. The number of ether oxygens (including phenoxy) is 1. The summed E-state index contributed by atoms with van der Waals surface area (Å²) in [6, 6.07) is 2.57. The normalized spacial score (nSPS) is 12.4. The summed E-state index contributed by atoms with van der Waals surface area (Å²) in [7, 11) is -3.58. The molecular weight excluding hydrogens is 275 g/mol. The Morgan fingerprint density at radius 3 is 2.44 bits per heavy atom. The molecule has 18 heavy (non-hydrogen) atoms. The van der Waals surface area contributed by atoms with Gasteiger partial charge < -0.3 is 4.74 Å². The van der Waals surface area contributed by atoms with E-state index in [0.29, 0.717) is 0 Å². The van der Waals surface area contributed by atoms with Crippen molar-refractivity contribution in [2.24, 2.45) is 0 Å². The Bertz CT molecular complexity index is 484. The van der Waals surface area contributed by atoms with Gasteiger partial charge in [0, 0.05) is 0 Å². The molecule has 1 heterocycles. The fraction of sp³-hybridized carbons (Fsp3) is 0.444. The summed E-state index contributed by atoms with van der Waals surface area (Å²) in [4.78, 5) is 3.70. The number of nitrogens with zero attached hydrogens (tertiary/aromatic N) is 1. The first-order valence-electron chi connectivity index (χ1n) is 4.64. The van der Waals surface area contributed by atoms with E-state index in [0.717, 1.165) is 12.5 Å². The maximum absolute atomic E-state index is 11.8. The molecule has 0 aliphatic carbocycles. The van der Waals surface area contributed by atoms with Crippen molar-refractivity contribution in [1.29, 1.82) is 0 Å². The number of hydrogen-bond donors (Lipinski definition) is 0. The fourth-order valence-electron chi connectivity index (χ4n) is 0.914. The third-order valence-electron chi connectivity index (χ3n) is 1.62. The van der Waals surface area contributed by atoms with E-state index in [-0.39, 0.29) is 18.1 Å². The summed E-state index contributed by atoms with van der Waals surface area (Å²) in [5.41, 5.74) is 0.264. The summed E-state index contributed by atoms with van der Waals surface area (Å²) in [5.74, 6) is -0.0598. The van der Waals surface area contributed by atoms with Crippen LogP contribution in [-0.4, -0.2) is 32.4 Å². The van der Waals surface area contributed by atoms with E-state index in [1.807, 2.05) is 0 Å². The van der Waals surface area contributed by atoms with Crippen LogP contribution in [0.2, 0.25) is 0 Å². The van der Waals surface area contributed by atoms with Crippen LogP contribution in [0.15, 0.2) is 18.3 Å². The van der Waals surface area contributed by atoms with Gasteiger partial charge in [-0.25, -0.2) is 0 Å². The highest BCUT2D eigenvalue weighted by atomic mass is 32.2. The third-order valence-corrected chi connectivity index (χ3v) is 2.17. The van der Waals surface area contributed by atoms with Crippen LogP contribution in [0.3, 0.4) is 0 Å². The van der Waals surface area contributed by atoms with Crippen molar-refractivity contribution in [2.75, 3.05) is 12.9 Å². The lowest BCUT2D eigenvalue weighted by atomic mass is 10.3. The maximum atomic E-state index is 11.8. The smallest absolute Gasteiger partial charge is 0.422 e. The van der Waals surface area contributed by atoms with E-state index < -0.39 is 22.9 Å². The quantitative estimate of drug-likeness (QED) is 0.767. The van der Waals surface area contributed by atoms with Gasteiger partial charge in [0.1, 0.15) is 12.4 Å². The van der Waals surface area contributed by atoms with E-state index >= 15 is 0 Å². The monoisotopic (exact) mass is 285 g/mol. The van der Waals surface area contributed by atoms with Crippen LogP contribution >= 0.6 is 0 Å². The summed E-state index contributed by atoms with van der Waals surface area (Å²) < 4.78 is 65.8. The molecule has 0 amide bonds. The lowest BCUT2D eigenvalue weighted by Gasteiger charge is -2.09. The summed E-state index contributed by atoms with van der Waals surface area (Å²) in [5, 5.41) is 0. The standard InChI is InChI=1S/C9H10F3NO4S/c1-18(14,15)17-5-7-2-3-8(4-13-7)16-6-9(10,11)12/h2-4H,5-6H2,1H3. The minimum atomic E-state index is -4.42. The van der Waals surface area contributed by atoms with Gasteiger partial charge >= 0.3 is 6.18 Å². The Morgan fingerprint density at radius 1 is 1.33 bits per heavy atom. The third kappa shape index (κ3) is 6.40. The van der Waals surface area contributed by atoms with Crippen LogP contribution < -0.4 is 4.74 Å². The first kappa shape index (κ1) is 14.7. The molecular formula is C9H10F3NO4S. The highest BCUT2D eigenvalue weighted by Gasteiger charge is 2.28. The summed E-state index contributed by atoms with van der Waals surface area (Å²) >= 11 is 0. The molecule has 5 nitrogen and oxygen atoms in total. The maximum Gasteiger partial charge on any atom is 0.422 e. The van der Waals surface area contributed by atoms with Crippen LogP contribution in [0.5, 0.6) is 5.75 Å². The highest BCUT2D eigenvalue weighted by molar-refractivity contribution is 7.85. The van der Waals surface area contributed by atoms with E-state index in [1.54, 1.807) is 0 Å². The number of pyridine rings is 1. The van der Waals surface area contributed by atoms with Gasteiger partial charge in [0.2, 0.25) is 0 Å². The predicted octanol–water partition coefficient (Wildman–Crippen LogP) is 1.50. The van der Waals surface area contributed by atoms with Crippen LogP contribution in [-0.2, 0) is 20.9 Å². The van der Waals surface area contributed by atoms with E-state index in [9.17, 15) is 21.6 Å². The van der Waals surface area contributed by atoms with Crippen molar-refractivity contribution in [1.82, 2.24) is 4.98 Å². The number of halogens is 3. The molecule has 9 heteroatoms. The van der Waals surface area contributed by atoms with Crippen molar-refractivity contribution in [3.05, 3.63) is 24.0 Å². The summed E-state index contributed by atoms with van der Waals surface area (Å²) in [6.45, 7) is -1.69. The van der Waals surface area contributed by atoms with Gasteiger partial charge in [0.15, 0.2) is 6.61 Å². The average Bonchev–Trinajstić information content (AvgIpc) is 2.23. The first-order valence-corrected chi connectivity index (χ1v) is 6.46. The van der Waals surface area contributed by atoms with Gasteiger partial charge in [0.05, 0.1) is 18.1 Å². The molecule has 0 bridgehead atoms. The molecule has 1 rings (SSSR count). The van der Waals surface area contributed by atoms with Gasteiger partial charge in [-0.05, 0) is 12.1 Å². The predicted molar refractivity (Wildman–Crippen MR) is 55.4 cm³/mol. The van der Waals surface area contributed by atoms with Crippen molar-refractivity contribution < 1.29 is 30.5 Å². The van der Waals surface area contributed by atoms with Crippen LogP contribution in [0, 0.1) is 0 Å². The molecule has 0 radical (unpaired) electrons. The largest absolute Gasteiger partial charge is 0.483 e. The molecule has 0 spiro atoms. The minimum Gasteiger partial charge on any atom is -0.483 e. The van der Waals surface area contributed by atoms with Crippen molar-refractivity contribution in [3.63, 3.8) is 0 Å². The van der Waals surface area contributed by atoms with Gasteiger partial charge in [-0.3, -0.25) is 9.17 Å². The zero-order chi connectivity index (χ0) is 13.8. The molecule has 0 aromatic carbocycles. The van der Waals surface area contributed by atoms with E-state index in [1.165, 1.54) is 12.1 Å². The van der Waals surface area contributed by atoms with Gasteiger partial charge in [-0.15, -0.1) is 0 Å². The second-order valence-electron chi connectivity index (χ2n) is 3.36. The average molecular weight is 285 g/mol. The number of aromatic nitrogens is 1. The SMILES string of the molecule is CS(=O)(=O)OCc1ccc(OCC(F)(F)F)cn1. The topological polar surface area (TPSA) is 65.5 Å². The van der Waals surface area contributed by atoms with Crippen LogP contribution in [0.1, 0.15) is 5.69 Å². The molecule has 0 aliphatic rings. The number of rotatable bonds is 5. The zero-order valence-electron chi connectivity index (χ0n) is 9.27. The summed E-state index contributed by atoms with van der Waals surface area (Å²) in [6.07, 6.45) is -2.47. The van der Waals surface area contributed by atoms with Gasteiger partial charge in [-0.2, -0.15) is 21.6 Å². The second kappa shape index (κ2) is 5.53. The van der Waals surface area contributed by atoms with E-state index in [4.69, 9.17) is 0 Å². The Labute approximate surface area is 102 Å². The molecule has 0 atom stereocenters. The minimum absolute atomic E-state index is 0.0598. The molecule has 102 valence electrons. The lowest BCUT2D eigenvalue weighted by Crippen LogP contribution is -2.19. The van der Waals surface area contributed by atoms with Crippen LogP contribution in [0.25, 0.3) is 0 Å². The molecule has 0 saturated carbocycles. The number of alkyl halides is 3. The van der Waals surface area contributed by atoms with Crippen molar-refractivity contribution in [2.45, 2.75) is 12.8 Å². The van der Waals surface area contributed by atoms with Crippen molar-refractivity contribution >= 4 is 10.1 Å². The highest BCUT2D eigenvalue weighted by Crippen LogP contribution is 2.18. The Hall–Kier alpha value is -1.35. The molecule has 0 aliphatic heterocycles. The molecule has 1 aromatic rings. The number of hydrogen-bond acceptors (Lipinski definition) is 5. The Balaban J connectivity index is 2.53. The first-order chi connectivity index (χ1) is 8.16. The van der Waals surface area contributed by atoms with Crippen LogP contribution in [0.4, 0.5) is 13.2 Å². The fourth-order valence-corrected chi connectivity index (χ4v) is 1.25. The Morgan fingerprint density at radius 2 is 2.00 bits per heavy atom. The van der Waals surface area contributed by atoms with Gasteiger partial charge in [-0.1, -0.05) is 0 Å². The second-order valence-corrected chi connectivity index (χ2v) is 5.00. The molecule has 1 aromatic heterocycles. The molecule has 0 N–H and O–H groups in total. The Kier molecular flexibility index (Phi) is 4.52. The van der Waals surface area contributed by atoms with Gasteiger partial charge in [0.25, 0.3) is 10.1 Å².